The highest BCUT2D eigenvalue weighted by atomic mass is 79.9. The molecule has 0 aliphatic heterocycles. The highest BCUT2D eigenvalue weighted by Crippen LogP contribution is 2.16. The lowest BCUT2D eigenvalue weighted by atomic mass is 10.2. The van der Waals surface area contributed by atoms with E-state index in [9.17, 15) is 0 Å². The summed E-state index contributed by atoms with van der Waals surface area (Å²) in [4.78, 5) is 4.13. The van der Waals surface area contributed by atoms with Gasteiger partial charge >= 0.3 is 0 Å². The Morgan fingerprint density at radius 2 is 2.05 bits per heavy atom. The first-order valence-corrected chi connectivity index (χ1v) is 7.47. The van der Waals surface area contributed by atoms with E-state index >= 15 is 0 Å². The van der Waals surface area contributed by atoms with Gasteiger partial charge < -0.3 is 10.1 Å². The van der Waals surface area contributed by atoms with E-state index in [0.29, 0.717) is 12.6 Å². The standard InChI is InChI=1S/C16H19BrN2O/c1-12(2)19-9-13-4-3-5-16(7-13)20-11-14-6-15(17)10-18-8-14/h3-8,10,12,19H,9,11H2,1-2H3. The molecule has 2 aromatic rings. The molecular formula is C16H19BrN2O. The molecule has 1 aromatic carbocycles. The fourth-order valence-electron chi connectivity index (χ4n) is 1.77. The molecule has 0 amide bonds. The highest BCUT2D eigenvalue weighted by Gasteiger charge is 2.00. The van der Waals surface area contributed by atoms with Crippen LogP contribution in [0.3, 0.4) is 0 Å². The highest BCUT2D eigenvalue weighted by molar-refractivity contribution is 9.10. The maximum atomic E-state index is 5.81. The molecule has 0 saturated carbocycles. The van der Waals surface area contributed by atoms with Crippen molar-refractivity contribution in [2.45, 2.75) is 33.0 Å². The van der Waals surface area contributed by atoms with Gasteiger partial charge in [0, 0.05) is 35.0 Å². The van der Waals surface area contributed by atoms with Crippen LogP contribution in [0, 0.1) is 0 Å². The summed E-state index contributed by atoms with van der Waals surface area (Å²) >= 11 is 3.41. The van der Waals surface area contributed by atoms with E-state index < -0.39 is 0 Å². The topological polar surface area (TPSA) is 34.1 Å². The van der Waals surface area contributed by atoms with Crippen molar-refractivity contribution in [2.75, 3.05) is 0 Å². The molecule has 0 spiro atoms. The molecule has 4 heteroatoms. The van der Waals surface area contributed by atoms with Crippen molar-refractivity contribution in [3.63, 3.8) is 0 Å². The Hall–Kier alpha value is -1.39. The molecule has 0 fully saturated rings. The Bertz CT molecular complexity index is 558. The number of rotatable bonds is 6. The molecule has 0 atom stereocenters. The van der Waals surface area contributed by atoms with Crippen molar-refractivity contribution < 1.29 is 4.74 Å². The number of nitrogens with zero attached hydrogens (tertiary/aromatic N) is 1. The molecule has 3 nitrogen and oxygen atoms in total. The molecule has 0 aliphatic rings. The normalized spacial score (nSPS) is 10.8. The van der Waals surface area contributed by atoms with E-state index in [4.69, 9.17) is 4.74 Å². The Balaban J connectivity index is 1.94. The van der Waals surface area contributed by atoms with Crippen LogP contribution in [-0.2, 0) is 13.2 Å². The summed E-state index contributed by atoms with van der Waals surface area (Å²) < 4.78 is 6.77. The molecular weight excluding hydrogens is 316 g/mol. The first-order valence-electron chi connectivity index (χ1n) is 6.68. The van der Waals surface area contributed by atoms with E-state index in [2.05, 4.69) is 52.2 Å². The van der Waals surface area contributed by atoms with Crippen LogP contribution in [-0.4, -0.2) is 11.0 Å². The van der Waals surface area contributed by atoms with E-state index in [1.165, 1.54) is 5.56 Å². The third-order valence-electron chi connectivity index (χ3n) is 2.78. The van der Waals surface area contributed by atoms with Crippen LogP contribution >= 0.6 is 15.9 Å². The van der Waals surface area contributed by atoms with Gasteiger partial charge in [-0.25, -0.2) is 0 Å². The van der Waals surface area contributed by atoms with Gasteiger partial charge in [-0.05, 0) is 39.7 Å². The zero-order valence-corrected chi connectivity index (χ0v) is 13.4. The number of halogens is 1. The SMILES string of the molecule is CC(C)NCc1cccc(OCc2cncc(Br)c2)c1. The molecule has 20 heavy (non-hydrogen) atoms. The molecule has 2 rings (SSSR count). The predicted octanol–water partition coefficient (Wildman–Crippen LogP) is 3.92. The zero-order chi connectivity index (χ0) is 14.4. The lowest BCUT2D eigenvalue weighted by molar-refractivity contribution is 0.305. The average Bonchev–Trinajstić information content (AvgIpc) is 2.43. The lowest BCUT2D eigenvalue weighted by Gasteiger charge is -2.10. The number of aromatic nitrogens is 1. The van der Waals surface area contributed by atoms with Crippen LogP contribution in [0.5, 0.6) is 5.75 Å². The molecule has 0 aliphatic carbocycles. The van der Waals surface area contributed by atoms with Gasteiger partial charge in [0.05, 0.1) is 0 Å². The van der Waals surface area contributed by atoms with Crippen LogP contribution < -0.4 is 10.1 Å². The van der Waals surface area contributed by atoms with Gasteiger partial charge in [-0.1, -0.05) is 26.0 Å². The van der Waals surface area contributed by atoms with E-state index in [1.54, 1.807) is 6.20 Å². The predicted molar refractivity (Wildman–Crippen MR) is 84.7 cm³/mol. The average molecular weight is 335 g/mol. The Morgan fingerprint density at radius 1 is 1.20 bits per heavy atom. The minimum absolute atomic E-state index is 0.479. The lowest BCUT2D eigenvalue weighted by Crippen LogP contribution is -2.21. The molecule has 0 unspecified atom stereocenters. The van der Waals surface area contributed by atoms with Crippen LogP contribution in [0.25, 0.3) is 0 Å². The molecule has 0 bridgehead atoms. The van der Waals surface area contributed by atoms with Crippen LogP contribution in [0.2, 0.25) is 0 Å². The molecule has 1 aromatic heterocycles. The van der Waals surface area contributed by atoms with E-state index in [-0.39, 0.29) is 0 Å². The molecule has 0 radical (unpaired) electrons. The van der Waals surface area contributed by atoms with Gasteiger partial charge in [0.2, 0.25) is 0 Å². The minimum Gasteiger partial charge on any atom is -0.489 e. The van der Waals surface area contributed by atoms with Crippen molar-refractivity contribution in [1.29, 1.82) is 0 Å². The van der Waals surface area contributed by atoms with E-state index in [1.807, 2.05) is 24.4 Å². The van der Waals surface area contributed by atoms with Gasteiger partial charge in [0.1, 0.15) is 12.4 Å². The summed E-state index contributed by atoms with van der Waals surface area (Å²) in [6.45, 7) is 5.65. The minimum atomic E-state index is 0.479. The van der Waals surface area contributed by atoms with Crippen molar-refractivity contribution in [3.05, 3.63) is 58.3 Å². The molecule has 1 heterocycles. The maximum Gasteiger partial charge on any atom is 0.120 e. The van der Waals surface area contributed by atoms with Crippen LogP contribution in [0.4, 0.5) is 0 Å². The number of hydrogen-bond donors (Lipinski definition) is 1. The Labute approximate surface area is 128 Å². The number of hydrogen-bond acceptors (Lipinski definition) is 3. The van der Waals surface area contributed by atoms with Gasteiger partial charge in [-0.15, -0.1) is 0 Å². The number of nitrogens with one attached hydrogen (secondary N) is 1. The molecule has 0 saturated heterocycles. The third kappa shape index (κ3) is 4.94. The first kappa shape index (κ1) is 15.0. The monoisotopic (exact) mass is 334 g/mol. The first-order chi connectivity index (χ1) is 9.63. The summed E-state index contributed by atoms with van der Waals surface area (Å²) in [5.41, 5.74) is 2.27. The molecule has 1 N–H and O–H groups in total. The summed E-state index contributed by atoms with van der Waals surface area (Å²) in [5, 5.41) is 3.40. The van der Waals surface area contributed by atoms with Crippen LogP contribution in [0.1, 0.15) is 25.0 Å². The molecule has 106 valence electrons. The fourth-order valence-corrected chi connectivity index (χ4v) is 2.18. The largest absolute Gasteiger partial charge is 0.489 e. The summed E-state index contributed by atoms with van der Waals surface area (Å²) in [7, 11) is 0. The van der Waals surface area contributed by atoms with Gasteiger partial charge in [-0.3, -0.25) is 4.98 Å². The summed E-state index contributed by atoms with van der Waals surface area (Å²) in [6, 6.07) is 10.7. The Kier molecular flexibility index (Phi) is 5.56. The fraction of sp³-hybridized carbons (Fsp3) is 0.312. The van der Waals surface area contributed by atoms with Gasteiger partial charge in [0.25, 0.3) is 0 Å². The number of pyridine rings is 1. The van der Waals surface area contributed by atoms with Crippen LogP contribution in [0.15, 0.2) is 47.2 Å². The zero-order valence-electron chi connectivity index (χ0n) is 11.8. The third-order valence-corrected chi connectivity index (χ3v) is 3.21. The van der Waals surface area contributed by atoms with Crippen molar-refractivity contribution >= 4 is 15.9 Å². The quantitative estimate of drug-likeness (QED) is 0.869. The number of ether oxygens (including phenoxy) is 1. The second-order valence-electron chi connectivity index (χ2n) is 4.98. The van der Waals surface area contributed by atoms with Crippen molar-refractivity contribution in [3.8, 4) is 5.75 Å². The maximum absolute atomic E-state index is 5.81. The Morgan fingerprint density at radius 3 is 2.80 bits per heavy atom. The van der Waals surface area contributed by atoms with Gasteiger partial charge in [-0.2, -0.15) is 0 Å². The second kappa shape index (κ2) is 7.41. The van der Waals surface area contributed by atoms with E-state index in [0.717, 1.165) is 22.3 Å². The van der Waals surface area contributed by atoms with Crippen molar-refractivity contribution in [1.82, 2.24) is 10.3 Å². The summed E-state index contributed by atoms with van der Waals surface area (Å²) in [5.74, 6) is 0.882. The van der Waals surface area contributed by atoms with Gasteiger partial charge in [0.15, 0.2) is 0 Å². The van der Waals surface area contributed by atoms with Crippen molar-refractivity contribution in [2.24, 2.45) is 0 Å². The summed E-state index contributed by atoms with van der Waals surface area (Å²) in [6.07, 6.45) is 3.58. The number of benzene rings is 1. The second-order valence-corrected chi connectivity index (χ2v) is 5.90. The smallest absolute Gasteiger partial charge is 0.120 e.